The summed E-state index contributed by atoms with van der Waals surface area (Å²) in [6.45, 7) is 0.688. The number of halogens is 2. The second kappa shape index (κ2) is 5.48. The maximum Gasteiger partial charge on any atom is 0.135 e. The molecule has 0 bridgehead atoms. The van der Waals surface area contributed by atoms with E-state index in [0.717, 1.165) is 21.8 Å². The van der Waals surface area contributed by atoms with Gasteiger partial charge in [0.25, 0.3) is 0 Å². The fraction of sp³-hybridized carbons (Fsp3) is 0.333. The summed E-state index contributed by atoms with van der Waals surface area (Å²) in [5.74, 6) is 2.11. The molecule has 3 nitrogen and oxygen atoms in total. The molecule has 0 amide bonds. The van der Waals surface area contributed by atoms with Crippen molar-refractivity contribution >= 4 is 21.7 Å². The van der Waals surface area contributed by atoms with Gasteiger partial charge in [0.15, 0.2) is 0 Å². The number of hydrogen-bond acceptors (Lipinski definition) is 3. The van der Waals surface area contributed by atoms with Gasteiger partial charge >= 0.3 is 0 Å². The lowest BCUT2D eigenvalue weighted by atomic mass is 10.2. The summed E-state index contributed by atoms with van der Waals surface area (Å²) < 4.78 is 13.7. The first-order chi connectivity index (χ1) is 9.61. The van der Waals surface area contributed by atoms with Gasteiger partial charge in [0.1, 0.15) is 22.1 Å². The van der Waals surface area contributed by atoms with Crippen LogP contribution in [0.5, 0.6) is 0 Å². The molecule has 1 heterocycles. The topological polar surface area (TPSA) is 29.0 Å². The van der Waals surface area contributed by atoms with Crippen molar-refractivity contribution in [3.05, 3.63) is 52.1 Å². The number of benzene rings is 1. The zero-order valence-corrected chi connectivity index (χ0v) is 12.8. The molecule has 2 aromatic rings. The van der Waals surface area contributed by atoms with Crippen molar-refractivity contribution in [1.82, 2.24) is 9.97 Å². The van der Waals surface area contributed by atoms with Gasteiger partial charge in [-0.15, -0.1) is 0 Å². The van der Waals surface area contributed by atoms with Crippen LogP contribution in [0.25, 0.3) is 0 Å². The van der Waals surface area contributed by atoms with Gasteiger partial charge in [-0.2, -0.15) is 0 Å². The molecule has 0 aliphatic heterocycles. The second-order valence-corrected chi connectivity index (χ2v) is 5.98. The van der Waals surface area contributed by atoms with Crippen LogP contribution in [0.4, 0.5) is 10.2 Å². The molecule has 1 aromatic carbocycles. The van der Waals surface area contributed by atoms with Crippen LogP contribution in [-0.4, -0.2) is 17.0 Å². The number of aromatic nitrogens is 2. The van der Waals surface area contributed by atoms with Crippen molar-refractivity contribution in [1.29, 1.82) is 0 Å². The quantitative estimate of drug-likeness (QED) is 0.793. The Kier molecular flexibility index (Phi) is 3.70. The van der Waals surface area contributed by atoms with Crippen molar-refractivity contribution in [2.45, 2.75) is 25.3 Å². The van der Waals surface area contributed by atoms with Crippen molar-refractivity contribution in [2.75, 3.05) is 11.9 Å². The minimum Gasteiger partial charge on any atom is -0.355 e. The Bertz CT molecular complexity index is 611. The molecule has 0 spiro atoms. The fourth-order valence-electron chi connectivity index (χ4n) is 2.09. The Balaban J connectivity index is 1.79. The molecule has 0 saturated heterocycles. The van der Waals surface area contributed by atoms with E-state index < -0.39 is 0 Å². The molecule has 0 radical (unpaired) electrons. The maximum absolute atomic E-state index is 12.9. The number of anilines is 1. The van der Waals surface area contributed by atoms with Crippen molar-refractivity contribution < 1.29 is 4.39 Å². The van der Waals surface area contributed by atoms with Crippen LogP contribution in [-0.2, 0) is 6.54 Å². The highest BCUT2D eigenvalue weighted by atomic mass is 79.9. The van der Waals surface area contributed by atoms with Gasteiger partial charge in [-0.25, -0.2) is 14.4 Å². The molecule has 0 N–H and O–H groups in total. The molecule has 0 unspecified atom stereocenters. The summed E-state index contributed by atoms with van der Waals surface area (Å²) in [4.78, 5) is 11.1. The number of nitrogens with zero attached hydrogens (tertiary/aromatic N) is 3. The fourth-order valence-corrected chi connectivity index (χ4v) is 2.47. The van der Waals surface area contributed by atoms with Crippen LogP contribution < -0.4 is 4.90 Å². The van der Waals surface area contributed by atoms with E-state index >= 15 is 0 Å². The molecule has 20 heavy (non-hydrogen) atoms. The first-order valence-corrected chi connectivity index (χ1v) is 7.41. The lowest BCUT2D eigenvalue weighted by Gasteiger charge is -2.19. The molecule has 3 rings (SSSR count). The van der Waals surface area contributed by atoms with Gasteiger partial charge in [0.2, 0.25) is 0 Å². The zero-order chi connectivity index (χ0) is 14.1. The smallest absolute Gasteiger partial charge is 0.135 e. The van der Waals surface area contributed by atoms with Crippen molar-refractivity contribution in [3.63, 3.8) is 0 Å². The van der Waals surface area contributed by atoms with Gasteiger partial charge in [-0.1, -0.05) is 12.1 Å². The molecular weight excluding hydrogens is 321 g/mol. The van der Waals surface area contributed by atoms with Crippen LogP contribution >= 0.6 is 15.9 Å². The van der Waals surface area contributed by atoms with Crippen LogP contribution in [0.1, 0.15) is 30.1 Å². The van der Waals surface area contributed by atoms with E-state index in [1.54, 1.807) is 12.1 Å². The van der Waals surface area contributed by atoms with E-state index in [1.165, 1.54) is 25.0 Å². The second-order valence-electron chi connectivity index (χ2n) is 5.16. The Labute approximate surface area is 126 Å². The molecule has 1 aliphatic carbocycles. The molecular formula is C15H15BrFN3. The summed E-state index contributed by atoms with van der Waals surface area (Å²) in [5, 5.41) is 0. The standard InChI is InChI=1S/C15H15BrFN3/c1-20(9-10-2-6-12(17)7-3-10)14-8-13(16)18-15(19-14)11-4-5-11/h2-3,6-8,11H,4-5,9H2,1H3. The lowest BCUT2D eigenvalue weighted by Crippen LogP contribution is -2.18. The SMILES string of the molecule is CN(Cc1ccc(F)cc1)c1cc(Br)nc(C2CC2)n1. The predicted molar refractivity (Wildman–Crippen MR) is 80.2 cm³/mol. The number of hydrogen-bond donors (Lipinski definition) is 0. The van der Waals surface area contributed by atoms with Gasteiger partial charge in [-0.3, -0.25) is 0 Å². The highest BCUT2D eigenvalue weighted by molar-refractivity contribution is 9.10. The highest BCUT2D eigenvalue weighted by Gasteiger charge is 2.27. The normalized spacial score (nSPS) is 14.3. The maximum atomic E-state index is 12.9. The van der Waals surface area contributed by atoms with Gasteiger partial charge in [-0.05, 0) is 46.5 Å². The summed E-state index contributed by atoms with van der Waals surface area (Å²) in [5.41, 5.74) is 1.05. The lowest BCUT2D eigenvalue weighted by molar-refractivity contribution is 0.627. The minimum atomic E-state index is -0.211. The van der Waals surface area contributed by atoms with E-state index in [9.17, 15) is 4.39 Å². The van der Waals surface area contributed by atoms with Gasteiger partial charge in [0.05, 0.1) is 0 Å². The third-order valence-corrected chi connectivity index (χ3v) is 3.77. The van der Waals surface area contributed by atoms with Crippen molar-refractivity contribution in [3.8, 4) is 0 Å². The summed E-state index contributed by atoms with van der Waals surface area (Å²) >= 11 is 3.44. The van der Waals surface area contributed by atoms with Gasteiger partial charge in [0, 0.05) is 25.6 Å². The van der Waals surface area contributed by atoms with E-state index in [-0.39, 0.29) is 5.82 Å². The van der Waals surface area contributed by atoms with Crippen LogP contribution in [0.3, 0.4) is 0 Å². The van der Waals surface area contributed by atoms with Gasteiger partial charge < -0.3 is 4.90 Å². The van der Waals surface area contributed by atoms with E-state index in [2.05, 4.69) is 25.9 Å². The third-order valence-electron chi connectivity index (χ3n) is 3.37. The Morgan fingerprint density at radius 3 is 2.60 bits per heavy atom. The first kappa shape index (κ1) is 13.5. The van der Waals surface area contributed by atoms with E-state index in [4.69, 9.17) is 0 Å². The first-order valence-electron chi connectivity index (χ1n) is 6.62. The van der Waals surface area contributed by atoms with E-state index in [1.807, 2.05) is 18.0 Å². The third kappa shape index (κ3) is 3.15. The Hall–Kier alpha value is -1.49. The van der Waals surface area contributed by atoms with Crippen molar-refractivity contribution in [2.24, 2.45) is 0 Å². The average molecular weight is 336 g/mol. The average Bonchev–Trinajstić information content (AvgIpc) is 3.25. The molecule has 1 aliphatic rings. The monoisotopic (exact) mass is 335 g/mol. The number of rotatable bonds is 4. The summed E-state index contributed by atoms with van der Waals surface area (Å²) in [6.07, 6.45) is 2.36. The molecule has 104 valence electrons. The molecule has 1 aromatic heterocycles. The molecule has 0 atom stereocenters. The molecule has 1 saturated carbocycles. The summed E-state index contributed by atoms with van der Waals surface area (Å²) in [6, 6.07) is 8.46. The molecule has 5 heteroatoms. The Morgan fingerprint density at radius 2 is 1.95 bits per heavy atom. The van der Waals surface area contributed by atoms with Crippen LogP contribution in [0.2, 0.25) is 0 Å². The Morgan fingerprint density at radius 1 is 1.25 bits per heavy atom. The van der Waals surface area contributed by atoms with E-state index in [0.29, 0.717) is 12.5 Å². The summed E-state index contributed by atoms with van der Waals surface area (Å²) in [7, 11) is 1.98. The largest absolute Gasteiger partial charge is 0.355 e. The predicted octanol–water partition coefficient (Wildman–Crippen LogP) is 3.89. The highest BCUT2D eigenvalue weighted by Crippen LogP contribution is 2.39. The van der Waals surface area contributed by atoms with Crippen LogP contribution in [0, 0.1) is 5.82 Å². The van der Waals surface area contributed by atoms with Crippen LogP contribution in [0.15, 0.2) is 34.9 Å². The molecule has 1 fully saturated rings. The minimum absolute atomic E-state index is 0.211. The zero-order valence-electron chi connectivity index (χ0n) is 11.2.